The molecule has 0 radical (unpaired) electrons. The van der Waals surface area contributed by atoms with Crippen molar-refractivity contribution in [2.75, 3.05) is 24.4 Å². The molecule has 2 atom stereocenters. The number of pyridine rings is 1. The first-order valence-electron chi connectivity index (χ1n) is 13.5. The molecular formula is C32H37N3O3. The van der Waals surface area contributed by atoms with Gasteiger partial charge in [-0.25, -0.2) is 9.78 Å². The van der Waals surface area contributed by atoms with Crippen LogP contribution in [0.1, 0.15) is 72.2 Å². The maximum atomic E-state index is 13.0. The van der Waals surface area contributed by atoms with Crippen molar-refractivity contribution < 1.29 is 14.3 Å². The lowest BCUT2D eigenvalue weighted by atomic mass is 9.57. The van der Waals surface area contributed by atoms with E-state index in [4.69, 9.17) is 4.74 Å². The molecule has 0 saturated heterocycles. The Kier molecular flexibility index (Phi) is 7.24. The molecule has 3 aromatic rings. The molecule has 5 rings (SSSR count). The van der Waals surface area contributed by atoms with Crippen LogP contribution in [-0.2, 0) is 10.2 Å². The number of amides is 1. The molecule has 2 saturated carbocycles. The maximum Gasteiger partial charge on any atom is 0.341 e. The molecule has 1 amide bonds. The summed E-state index contributed by atoms with van der Waals surface area (Å²) in [6.45, 7) is 4.83. The molecule has 2 aliphatic rings. The van der Waals surface area contributed by atoms with E-state index in [1.165, 1.54) is 44.8 Å². The van der Waals surface area contributed by atoms with E-state index in [2.05, 4.69) is 36.3 Å². The summed E-state index contributed by atoms with van der Waals surface area (Å²) in [4.78, 5) is 31.2. The SMILES string of the molecule is COC(=O)c1cccnc1N(C)c1ccc(C(=O)Nc2ccc(C3(C)CC4CC(C)CC(C4)C3)cc2)cc1. The highest BCUT2D eigenvalue weighted by atomic mass is 16.5. The number of nitrogens with one attached hydrogen (secondary N) is 1. The van der Waals surface area contributed by atoms with Crippen LogP contribution >= 0.6 is 0 Å². The summed E-state index contributed by atoms with van der Waals surface area (Å²) < 4.78 is 4.88. The first-order valence-corrected chi connectivity index (χ1v) is 13.5. The van der Waals surface area contributed by atoms with Gasteiger partial charge >= 0.3 is 5.97 Å². The third-order valence-corrected chi connectivity index (χ3v) is 8.48. The van der Waals surface area contributed by atoms with Crippen molar-refractivity contribution in [3.63, 3.8) is 0 Å². The average Bonchev–Trinajstić information content (AvgIpc) is 2.92. The van der Waals surface area contributed by atoms with Crippen molar-refractivity contribution in [2.24, 2.45) is 17.8 Å². The van der Waals surface area contributed by atoms with Crippen molar-refractivity contribution in [2.45, 2.75) is 51.4 Å². The first kappa shape index (κ1) is 26.0. The molecule has 2 aliphatic carbocycles. The maximum absolute atomic E-state index is 13.0. The average molecular weight is 512 g/mol. The van der Waals surface area contributed by atoms with Crippen molar-refractivity contribution >= 4 is 29.1 Å². The number of methoxy groups -OCH3 is 1. The van der Waals surface area contributed by atoms with Crippen molar-refractivity contribution in [1.29, 1.82) is 0 Å². The second-order valence-corrected chi connectivity index (χ2v) is 11.5. The molecule has 6 heteroatoms. The van der Waals surface area contributed by atoms with Crippen LogP contribution in [-0.4, -0.2) is 31.0 Å². The fourth-order valence-corrected chi connectivity index (χ4v) is 6.88. The van der Waals surface area contributed by atoms with Crippen LogP contribution in [0.4, 0.5) is 17.2 Å². The van der Waals surface area contributed by atoms with Gasteiger partial charge in [-0.2, -0.15) is 0 Å². The van der Waals surface area contributed by atoms with E-state index in [9.17, 15) is 9.59 Å². The first-order chi connectivity index (χ1) is 18.3. The molecule has 1 aromatic heterocycles. The van der Waals surface area contributed by atoms with Crippen molar-refractivity contribution in [3.8, 4) is 0 Å². The molecule has 1 N–H and O–H groups in total. The zero-order chi connectivity index (χ0) is 26.9. The smallest absolute Gasteiger partial charge is 0.341 e. The zero-order valence-corrected chi connectivity index (χ0v) is 22.7. The Morgan fingerprint density at radius 3 is 2.26 bits per heavy atom. The number of carbonyl (C=O) groups is 2. The van der Waals surface area contributed by atoms with E-state index in [-0.39, 0.29) is 11.3 Å². The Balaban J connectivity index is 1.24. The lowest BCUT2D eigenvalue weighted by Gasteiger charge is -2.47. The van der Waals surface area contributed by atoms with Gasteiger partial charge in [0, 0.05) is 30.2 Å². The van der Waals surface area contributed by atoms with Crippen LogP contribution in [0.25, 0.3) is 0 Å². The number of nitrogens with zero attached hydrogens (tertiary/aromatic N) is 2. The van der Waals surface area contributed by atoms with Crippen LogP contribution in [0.3, 0.4) is 0 Å². The molecule has 2 aromatic carbocycles. The monoisotopic (exact) mass is 511 g/mol. The predicted octanol–water partition coefficient (Wildman–Crippen LogP) is 6.99. The highest BCUT2D eigenvalue weighted by Gasteiger charge is 2.41. The number of anilines is 3. The number of hydrogen-bond donors (Lipinski definition) is 1. The number of hydrogen-bond acceptors (Lipinski definition) is 5. The summed E-state index contributed by atoms with van der Waals surface area (Å²) in [5, 5.41) is 3.03. The fourth-order valence-electron chi connectivity index (χ4n) is 6.88. The lowest BCUT2D eigenvalue weighted by Crippen LogP contribution is -2.38. The summed E-state index contributed by atoms with van der Waals surface area (Å²) in [6, 6.07) is 19.1. The quantitative estimate of drug-likeness (QED) is 0.361. The van der Waals surface area contributed by atoms with Gasteiger partial charge in [-0.15, -0.1) is 0 Å². The topological polar surface area (TPSA) is 71.5 Å². The molecule has 1 heterocycles. The number of rotatable bonds is 6. The van der Waals surface area contributed by atoms with Crippen molar-refractivity contribution in [1.82, 2.24) is 4.98 Å². The molecule has 38 heavy (non-hydrogen) atoms. The number of esters is 1. The Morgan fingerprint density at radius 1 is 0.974 bits per heavy atom. The predicted molar refractivity (Wildman–Crippen MR) is 151 cm³/mol. The number of fused-ring (bicyclic) bond motifs is 2. The molecule has 0 spiro atoms. The molecule has 2 unspecified atom stereocenters. The second kappa shape index (κ2) is 10.6. The van der Waals surface area contributed by atoms with Gasteiger partial charge in [0.1, 0.15) is 11.4 Å². The molecule has 2 bridgehead atoms. The third kappa shape index (κ3) is 5.31. The third-order valence-electron chi connectivity index (χ3n) is 8.48. The second-order valence-electron chi connectivity index (χ2n) is 11.5. The Bertz CT molecular complexity index is 1280. The number of carbonyl (C=O) groups excluding carboxylic acids is 2. The van der Waals surface area contributed by atoms with E-state index in [0.29, 0.717) is 16.9 Å². The largest absolute Gasteiger partial charge is 0.465 e. The highest BCUT2D eigenvalue weighted by Crippen LogP contribution is 2.51. The minimum Gasteiger partial charge on any atom is -0.465 e. The fraction of sp³-hybridized carbons (Fsp3) is 0.406. The number of aromatic nitrogens is 1. The molecule has 198 valence electrons. The molecule has 2 fully saturated rings. The van der Waals surface area contributed by atoms with Gasteiger partial charge in [0.25, 0.3) is 5.91 Å². The standard InChI is InChI=1S/C32H37N3O3/c1-21-16-22-18-23(17-21)20-32(2,19-22)25-9-11-26(12-10-25)34-30(36)24-7-13-27(14-8-24)35(3)29-28(31(37)38-4)6-5-15-33-29/h5-15,21-23H,16-20H2,1-4H3,(H,34,36). The van der Waals surface area contributed by atoms with Crippen LogP contribution < -0.4 is 10.2 Å². The molecular weight excluding hydrogens is 474 g/mol. The van der Waals surface area contributed by atoms with E-state index < -0.39 is 5.97 Å². The van der Waals surface area contributed by atoms with Crippen LogP contribution in [0.15, 0.2) is 66.9 Å². The molecule has 6 nitrogen and oxygen atoms in total. The Labute approximate surface area is 225 Å². The highest BCUT2D eigenvalue weighted by molar-refractivity contribution is 6.04. The van der Waals surface area contributed by atoms with E-state index in [0.717, 1.165) is 29.1 Å². The summed E-state index contributed by atoms with van der Waals surface area (Å²) >= 11 is 0. The summed E-state index contributed by atoms with van der Waals surface area (Å²) in [5.74, 6) is 2.43. The minimum atomic E-state index is -0.447. The Hall–Kier alpha value is -3.67. The summed E-state index contributed by atoms with van der Waals surface area (Å²) in [6.07, 6.45) is 8.29. The van der Waals surface area contributed by atoms with Gasteiger partial charge in [0.05, 0.1) is 7.11 Å². The van der Waals surface area contributed by atoms with Gasteiger partial charge in [-0.1, -0.05) is 26.0 Å². The van der Waals surface area contributed by atoms with Gasteiger partial charge < -0.3 is 15.0 Å². The molecule has 0 aliphatic heterocycles. The normalized spacial score (nSPS) is 24.4. The lowest BCUT2D eigenvalue weighted by molar-refractivity contribution is 0.0601. The van der Waals surface area contributed by atoms with E-state index in [1.54, 1.807) is 35.4 Å². The summed E-state index contributed by atoms with van der Waals surface area (Å²) in [7, 11) is 3.17. The Morgan fingerprint density at radius 2 is 1.63 bits per heavy atom. The van der Waals surface area contributed by atoms with E-state index >= 15 is 0 Å². The van der Waals surface area contributed by atoms with Crippen LogP contribution in [0.5, 0.6) is 0 Å². The van der Waals surface area contributed by atoms with Gasteiger partial charge in [0.2, 0.25) is 0 Å². The van der Waals surface area contributed by atoms with Gasteiger partial charge in [-0.3, -0.25) is 4.79 Å². The van der Waals surface area contributed by atoms with Crippen LogP contribution in [0.2, 0.25) is 0 Å². The minimum absolute atomic E-state index is 0.160. The number of ether oxygens (including phenoxy) is 1. The summed E-state index contributed by atoms with van der Waals surface area (Å²) in [5.41, 5.74) is 4.13. The number of benzene rings is 2. The zero-order valence-electron chi connectivity index (χ0n) is 22.7. The van der Waals surface area contributed by atoms with Gasteiger partial charge in [-0.05, 0) is 109 Å². The van der Waals surface area contributed by atoms with Crippen LogP contribution in [0, 0.1) is 17.8 Å². The van der Waals surface area contributed by atoms with Gasteiger partial charge in [0.15, 0.2) is 0 Å². The van der Waals surface area contributed by atoms with Crippen molar-refractivity contribution in [3.05, 3.63) is 83.6 Å². The van der Waals surface area contributed by atoms with E-state index in [1.807, 2.05) is 31.3 Å².